The van der Waals surface area contributed by atoms with E-state index in [4.69, 9.17) is 26.8 Å². The van der Waals surface area contributed by atoms with Gasteiger partial charge in [-0.05, 0) is 48.1 Å². The Hall–Kier alpha value is -1.77. The first-order valence-corrected chi connectivity index (χ1v) is 12.7. The SMILES string of the molecule is COc1cc2c(c(OC)c1OC)C1=C(C=C([S-])C(SC)(SC)C=C1)[C@@H](NC(C)=O)CC2. The molecule has 0 aromatic heterocycles. The second-order valence-corrected chi connectivity index (χ2v) is 10.1. The van der Waals surface area contributed by atoms with Crippen molar-refractivity contribution in [2.24, 2.45) is 0 Å². The normalized spacial score (nSPS) is 19.4. The van der Waals surface area contributed by atoms with Gasteiger partial charge in [-0.15, -0.1) is 23.5 Å². The van der Waals surface area contributed by atoms with E-state index in [0.717, 1.165) is 40.0 Å². The fraction of sp³-hybridized carbons (Fsp3) is 0.435. The number of fused-ring (bicyclic) bond motifs is 2. The lowest BCUT2D eigenvalue weighted by molar-refractivity contribution is -0.119. The lowest BCUT2D eigenvalue weighted by atomic mass is 9.93. The number of methoxy groups -OCH3 is 3. The van der Waals surface area contributed by atoms with Gasteiger partial charge in [-0.3, -0.25) is 4.79 Å². The Labute approximate surface area is 198 Å². The average molecular weight is 479 g/mol. The van der Waals surface area contributed by atoms with Crippen LogP contribution in [0.15, 0.2) is 34.8 Å². The summed E-state index contributed by atoms with van der Waals surface area (Å²) in [4.78, 5) is 12.9. The van der Waals surface area contributed by atoms with Gasteiger partial charge in [0.2, 0.25) is 11.7 Å². The standard InChI is InChI=1S/C23H29NO4S3/c1-13(25)24-17-8-7-14-11-18(26-2)21(27-3)22(28-4)20(14)15-9-10-23(30-5,31-6)19(29)12-16(15)17/h9-12,17,29H,7-8H2,1-6H3,(H,24,25)/p-1/t17-/m0/s1. The molecule has 0 heterocycles. The zero-order valence-corrected chi connectivity index (χ0v) is 21.1. The third-order valence-electron chi connectivity index (χ3n) is 5.65. The van der Waals surface area contributed by atoms with E-state index in [1.54, 1.807) is 51.8 Å². The number of ether oxygens (including phenoxy) is 3. The highest BCUT2D eigenvalue weighted by Crippen LogP contribution is 2.51. The number of hydrogen-bond donors (Lipinski definition) is 1. The van der Waals surface area contributed by atoms with Crippen molar-refractivity contribution in [1.82, 2.24) is 5.32 Å². The van der Waals surface area contributed by atoms with E-state index in [1.807, 2.05) is 6.07 Å². The summed E-state index contributed by atoms with van der Waals surface area (Å²) >= 11 is 9.28. The summed E-state index contributed by atoms with van der Waals surface area (Å²) in [6.45, 7) is 1.55. The van der Waals surface area contributed by atoms with E-state index >= 15 is 0 Å². The number of nitrogens with one attached hydrogen (secondary N) is 1. The van der Waals surface area contributed by atoms with Crippen LogP contribution in [0.5, 0.6) is 17.2 Å². The summed E-state index contributed by atoms with van der Waals surface area (Å²) in [6, 6.07) is 1.84. The molecule has 8 heteroatoms. The van der Waals surface area contributed by atoms with Crippen molar-refractivity contribution in [3.63, 3.8) is 0 Å². The molecule has 1 atom stereocenters. The minimum absolute atomic E-state index is 0.0709. The summed E-state index contributed by atoms with van der Waals surface area (Å²) in [7, 11) is 4.86. The molecule has 0 fully saturated rings. The molecular formula is C23H28NO4S3-. The minimum Gasteiger partial charge on any atom is -0.781 e. The van der Waals surface area contributed by atoms with E-state index in [1.165, 1.54) is 0 Å². The van der Waals surface area contributed by atoms with Gasteiger partial charge in [-0.25, -0.2) is 0 Å². The molecule has 2 aliphatic rings. The predicted molar refractivity (Wildman–Crippen MR) is 133 cm³/mol. The minimum atomic E-state index is -0.355. The summed E-state index contributed by atoms with van der Waals surface area (Å²) in [6.07, 6.45) is 11.9. The van der Waals surface area contributed by atoms with Crippen LogP contribution in [-0.2, 0) is 23.8 Å². The zero-order valence-electron chi connectivity index (χ0n) is 18.7. The van der Waals surface area contributed by atoms with Crippen LogP contribution in [0.2, 0.25) is 0 Å². The van der Waals surface area contributed by atoms with Crippen LogP contribution < -0.4 is 19.5 Å². The average Bonchev–Trinajstić information content (AvgIpc) is 2.99. The number of carbonyl (C=O) groups excluding carboxylic acids is 1. The van der Waals surface area contributed by atoms with Crippen molar-refractivity contribution in [2.45, 2.75) is 29.9 Å². The Morgan fingerprint density at radius 2 is 1.84 bits per heavy atom. The first-order chi connectivity index (χ1) is 14.8. The van der Waals surface area contributed by atoms with Gasteiger partial charge in [0.05, 0.1) is 31.5 Å². The maximum atomic E-state index is 12.0. The molecule has 3 rings (SSSR count). The van der Waals surface area contributed by atoms with Crippen molar-refractivity contribution in [2.75, 3.05) is 33.8 Å². The van der Waals surface area contributed by atoms with Gasteiger partial charge < -0.3 is 32.2 Å². The smallest absolute Gasteiger partial charge is 0.217 e. The van der Waals surface area contributed by atoms with Crippen LogP contribution in [0.3, 0.4) is 0 Å². The highest BCUT2D eigenvalue weighted by atomic mass is 32.2. The van der Waals surface area contributed by atoms with Gasteiger partial charge in [0.1, 0.15) is 0 Å². The topological polar surface area (TPSA) is 56.8 Å². The van der Waals surface area contributed by atoms with Gasteiger partial charge in [0.25, 0.3) is 0 Å². The van der Waals surface area contributed by atoms with Crippen LogP contribution >= 0.6 is 23.5 Å². The lowest BCUT2D eigenvalue weighted by Gasteiger charge is -2.35. The van der Waals surface area contributed by atoms with Crippen molar-refractivity contribution >= 4 is 47.6 Å². The summed E-state index contributed by atoms with van der Waals surface area (Å²) in [5, 5.41) is 3.12. The molecule has 0 aliphatic heterocycles. The predicted octanol–water partition coefficient (Wildman–Crippen LogP) is 4.34. The number of thioether (sulfide) groups is 2. The van der Waals surface area contributed by atoms with Crippen LogP contribution in [0.1, 0.15) is 24.5 Å². The quantitative estimate of drug-likeness (QED) is 0.482. The molecule has 0 unspecified atom stereocenters. The number of rotatable bonds is 6. The summed E-state index contributed by atoms with van der Waals surface area (Å²) in [5.74, 6) is 1.73. The highest BCUT2D eigenvalue weighted by molar-refractivity contribution is 8.18. The lowest BCUT2D eigenvalue weighted by Crippen LogP contribution is -2.34. The Morgan fingerprint density at radius 1 is 1.16 bits per heavy atom. The first-order valence-electron chi connectivity index (χ1n) is 9.87. The molecule has 0 radical (unpaired) electrons. The number of amides is 1. The molecule has 1 amide bonds. The number of benzene rings is 1. The molecule has 2 aliphatic carbocycles. The molecule has 1 aromatic carbocycles. The zero-order chi connectivity index (χ0) is 22.8. The Kier molecular flexibility index (Phi) is 7.55. The Morgan fingerprint density at radius 3 is 2.39 bits per heavy atom. The van der Waals surface area contributed by atoms with Gasteiger partial charge in [-0.2, -0.15) is 4.91 Å². The first kappa shape index (κ1) is 23.9. The molecule has 1 aromatic rings. The molecule has 1 N–H and O–H groups in total. The second-order valence-electron chi connectivity index (χ2n) is 7.26. The maximum Gasteiger partial charge on any atom is 0.217 e. The van der Waals surface area contributed by atoms with Gasteiger partial charge >= 0.3 is 0 Å². The van der Waals surface area contributed by atoms with Gasteiger partial charge in [0.15, 0.2) is 11.5 Å². The van der Waals surface area contributed by atoms with E-state index in [9.17, 15) is 4.79 Å². The fourth-order valence-electron chi connectivity index (χ4n) is 4.18. The van der Waals surface area contributed by atoms with Gasteiger partial charge in [0, 0.05) is 12.5 Å². The number of hydrogen-bond acceptors (Lipinski definition) is 7. The molecule has 0 saturated carbocycles. The van der Waals surface area contributed by atoms with Crippen molar-refractivity contribution in [3.05, 3.63) is 45.9 Å². The van der Waals surface area contributed by atoms with Crippen LogP contribution in [0.4, 0.5) is 0 Å². The Balaban J connectivity index is 2.37. The highest BCUT2D eigenvalue weighted by Gasteiger charge is 2.33. The van der Waals surface area contributed by atoms with E-state index in [-0.39, 0.29) is 16.0 Å². The molecule has 5 nitrogen and oxygen atoms in total. The van der Waals surface area contributed by atoms with Crippen molar-refractivity contribution in [1.29, 1.82) is 0 Å². The van der Waals surface area contributed by atoms with Crippen molar-refractivity contribution in [3.8, 4) is 17.2 Å². The van der Waals surface area contributed by atoms with E-state index in [0.29, 0.717) is 17.2 Å². The molecule has 0 saturated heterocycles. The number of carbonyl (C=O) groups is 1. The van der Waals surface area contributed by atoms with Crippen LogP contribution in [-0.4, -0.2) is 49.9 Å². The summed E-state index contributed by atoms with van der Waals surface area (Å²) in [5.41, 5.74) is 4.01. The van der Waals surface area contributed by atoms with E-state index < -0.39 is 0 Å². The largest absolute Gasteiger partial charge is 0.781 e. The Bertz CT molecular complexity index is 964. The van der Waals surface area contributed by atoms with Crippen LogP contribution in [0, 0.1) is 0 Å². The van der Waals surface area contributed by atoms with E-state index in [2.05, 4.69) is 36.1 Å². The van der Waals surface area contributed by atoms with Crippen molar-refractivity contribution < 1.29 is 19.0 Å². The summed E-state index contributed by atoms with van der Waals surface area (Å²) < 4.78 is 16.7. The molecule has 0 bridgehead atoms. The molecule has 168 valence electrons. The van der Waals surface area contributed by atoms with Gasteiger partial charge in [-0.1, -0.05) is 18.2 Å². The third kappa shape index (κ3) is 4.30. The molecule has 31 heavy (non-hydrogen) atoms. The molecule has 0 spiro atoms. The maximum absolute atomic E-state index is 12.0. The third-order valence-corrected chi connectivity index (χ3v) is 9.28. The monoisotopic (exact) mass is 478 g/mol. The second kappa shape index (κ2) is 9.79. The van der Waals surface area contributed by atoms with Crippen LogP contribution in [0.25, 0.3) is 5.57 Å². The fourth-order valence-corrected chi connectivity index (χ4v) is 6.47. The molecular weight excluding hydrogens is 450 g/mol. The number of allylic oxidation sites excluding steroid dienone is 2. The number of aryl methyl sites for hydroxylation is 1.